The number of benzene rings is 1. The molecule has 0 saturated carbocycles. The van der Waals surface area contributed by atoms with Crippen molar-refractivity contribution in [3.63, 3.8) is 0 Å². The molecule has 0 bridgehead atoms. The lowest BCUT2D eigenvalue weighted by Gasteiger charge is -2.22. The molecule has 96 valence electrons. The fourth-order valence-electron chi connectivity index (χ4n) is 1.90. The maximum Gasteiger partial charge on any atom is 0.0795 e. The molecule has 5 heteroatoms. The first-order valence-corrected chi connectivity index (χ1v) is 7.04. The average molecular weight is 282 g/mol. The molecule has 0 aliphatic heterocycles. The smallest absolute Gasteiger partial charge is 0.0795 e. The van der Waals surface area contributed by atoms with Crippen molar-refractivity contribution in [3.8, 4) is 0 Å². The van der Waals surface area contributed by atoms with Gasteiger partial charge in [-0.25, -0.2) is 4.98 Å². The van der Waals surface area contributed by atoms with E-state index >= 15 is 0 Å². The van der Waals surface area contributed by atoms with Crippen molar-refractivity contribution in [2.75, 3.05) is 19.0 Å². The molecule has 1 heterocycles. The number of hydrogen-bond donors (Lipinski definition) is 1. The Morgan fingerprint density at radius 1 is 1.44 bits per heavy atom. The minimum absolute atomic E-state index is 0.760. The summed E-state index contributed by atoms with van der Waals surface area (Å²) in [6.07, 6.45) is 0. The van der Waals surface area contributed by atoms with E-state index < -0.39 is 0 Å². The van der Waals surface area contributed by atoms with Gasteiger partial charge in [0, 0.05) is 35.2 Å². The molecule has 0 atom stereocenters. The molecule has 1 N–H and O–H groups in total. The summed E-state index contributed by atoms with van der Waals surface area (Å²) in [6, 6.07) is 5.99. The minimum atomic E-state index is 0.760. The summed E-state index contributed by atoms with van der Waals surface area (Å²) in [6.45, 7) is 1.55. The SMILES string of the molecule is CNCc1c(Cl)cccc1N(C)Cc1cscn1. The molecule has 0 saturated heterocycles. The van der Waals surface area contributed by atoms with Crippen molar-refractivity contribution in [1.82, 2.24) is 10.3 Å². The van der Waals surface area contributed by atoms with Crippen molar-refractivity contribution in [3.05, 3.63) is 45.4 Å². The lowest BCUT2D eigenvalue weighted by Crippen LogP contribution is -2.20. The third-order valence-corrected chi connectivity index (χ3v) is 3.73. The van der Waals surface area contributed by atoms with Gasteiger partial charge in [-0.1, -0.05) is 17.7 Å². The second kappa shape index (κ2) is 6.18. The average Bonchev–Trinajstić information content (AvgIpc) is 2.84. The Morgan fingerprint density at radius 3 is 2.94 bits per heavy atom. The topological polar surface area (TPSA) is 28.2 Å². The number of rotatable bonds is 5. The van der Waals surface area contributed by atoms with Crippen molar-refractivity contribution in [1.29, 1.82) is 0 Å². The molecule has 1 aromatic carbocycles. The van der Waals surface area contributed by atoms with E-state index in [1.54, 1.807) is 11.3 Å². The van der Waals surface area contributed by atoms with Crippen LogP contribution in [-0.2, 0) is 13.1 Å². The molecular formula is C13H16ClN3S. The van der Waals surface area contributed by atoms with Gasteiger partial charge in [0.1, 0.15) is 0 Å². The number of thiazole rings is 1. The van der Waals surface area contributed by atoms with Gasteiger partial charge in [-0.05, 0) is 19.2 Å². The molecule has 3 nitrogen and oxygen atoms in total. The van der Waals surface area contributed by atoms with E-state index in [0.717, 1.165) is 35.1 Å². The molecule has 0 aliphatic carbocycles. The Labute approximate surface area is 116 Å². The van der Waals surface area contributed by atoms with Crippen LogP contribution in [0, 0.1) is 0 Å². The minimum Gasteiger partial charge on any atom is -0.368 e. The van der Waals surface area contributed by atoms with Crippen LogP contribution in [0.3, 0.4) is 0 Å². The van der Waals surface area contributed by atoms with E-state index in [9.17, 15) is 0 Å². The second-order valence-corrected chi connectivity index (χ2v) is 5.23. The van der Waals surface area contributed by atoms with Crippen molar-refractivity contribution < 1.29 is 0 Å². The third kappa shape index (κ3) is 3.02. The summed E-state index contributed by atoms with van der Waals surface area (Å²) in [5.74, 6) is 0. The van der Waals surface area contributed by atoms with Gasteiger partial charge in [-0.15, -0.1) is 11.3 Å². The van der Waals surface area contributed by atoms with E-state index in [0.29, 0.717) is 0 Å². The fourth-order valence-corrected chi connectivity index (χ4v) is 2.69. The van der Waals surface area contributed by atoms with Gasteiger partial charge in [-0.3, -0.25) is 0 Å². The van der Waals surface area contributed by atoms with E-state index in [4.69, 9.17) is 11.6 Å². The van der Waals surface area contributed by atoms with Gasteiger partial charge >= 0.3 is 0 Å². The number of halogens is 1. The standard InChI is InChI=1S/C13H16ClN3S/c1-15-6-11-12(14)4-3-5-13(11)17(2)7-10-8-18-9-16-10/h3-5,8-9,15H,6-7H2,1-2H3. The van der Waals surface area contributed by atoms with Crippen molar-refractivity contribution in [2.24, 2.45) is 0 Å². The summed E-state index contributed by atoms with van der Waals surface area (Å²) in [4.78, 5) is 6.48. The fraction of sp³-hybridized carbons (Fsp3) is 0.308. The van der Waals surface area contributed by atoms with Gasteiger partial charge in [-0.2, -0.15) is 0 Å². The monoisotopic (exact) mass is 281 g/mol. The number of nitrogens with one attached hydrogen (secondary N) is 1. The molecule has 18 heavy (non-hydrogen) atoms. The quantitative estimate of drug-likeness (QED) is 0.912. The van der Waals surface area contributed by atoms with Gasteiger partial charge in [0.05, 0.1) is 17.7 Å². The molecular weight excluding hydrogens is 266 g/mol. The summed E-state index contributed by atoms with van der Waals surface area (Å²) in [5, 5.41) is 6.02. The Kier molecular flexibility index (Phi) is 4.58. The number of anilines is 1. The first kappa shape index (κ1) is 13.3. The Hall–Kier alpha value is -1.10. The van der Waals surface area contributed by atoms with E-state index in [1.807, 2.05) is 24.7 Å². The maximum atomic E-state index is 6.25. The van der Waals surface area contributed by atoms with E-state index in [-0.39, 0.29) is 0 Å². The molecule has 0 fully saturated rings. The maximum absolute atomic E-state index is 6.25. The van der Waals surface area contributed by atoms with Crippen molar-refractivity contribution >= 4 is 28.6 Å². The second-order valence-electron chi connectivity index (χ2n) is 4.10. The molecule has 0 aliphatic rings. The molecule has 0 unspecified atom stereocenters. The van der Waals surface area contributed by atoms with E-state index in [2.05, 4.69) is 33.7 Å². The molecule has 0 radical (unpaired) electrons. The highest BCUT2D eigenvalue weighted by Crippen LogP contribution is 2.27. The first-order valence-electron chi connectivity index (χ1n) is 5.72. The number of nitrogens with zero attached hydrogens (tertiary/aromatic N) is 2. The van der Waals surface area contributed by atoms with Crippen LogP contribution in [0.2, 0.25) is 5.02 Å². The Bertz CT molecular complexity index is 499. The lowest BCUT2D eigenvalue weighted by molar-refractivity contribution is 0.803. The molecule has 0 spiro atoms. The Balaban J connectivity index is 2.23. The Morgan fingerprint density at radius 2 is 2.28 bits per heavy atom. The van der Waals surface area contributed by atoms with Crippen LogP contribution < -0.4 is 10.2 Å². The van der Waals surface area contributed by atoms with Crippen LogP contribution in [0.5, 0.6) is 0 Å². The van der Waals surface area contributed by atoms with Gasteiger partial charge < -0.3 is 10.2 Å². The summed E-state index contributed by atoms with van der Waals surface area (Å²) in [7, 11) is 3.98. The van der Waals surface area contributed by atoms with Gasteiger partial charge in [0.2, 0.25) is 0 Å². The van der Waals surface area contributed by atoms with Crippen LogP contribution in [-0.4, -0.2) is 19.1 Å². The highest BCUT2D eigenvalue weighted by molar-refractivity contribution is 7.07. The molecule has 2 aromatic rings. The summed E-state index contributed by atoms with van der Waals surface area (Å²) < 4.78 is 0. The highest BCUT2D eigenvalue weighted by Gasteiger charge is 2.11. The summed E-state index contributed by atoms with van der Waals surface area (Å²) in [5.41, 5.74) is 5.21. The lowest BCUT2D eigenvalue weighted by atomic mass is 10.1. The summed E-state index contributed by atoms with van der Waals surface area (Å²) >= 11 is 7.87. The van der Waals surface area contributed by atoms with Crippen LogP contribution in [0.25, 0.3) is 0 Å². The number of hydrogen-bond acceptors (Lipinski definition) is 4. The van der Waals surface area contributed by atoms with Crippen LogP contribution in [0.1, 0.15) is 11.3 Å². The van der Waals surface area contributed by atoms with Crippen molar-refractivity contribution in [2.45, 2.75) is 13.1 Å². The molecule has 1 aromatic heterocycles. The predicted molar refractivity (Wildman–Crippen MR) is 78.4 cm³/mol. The highest BCUT2D eigenvalue weighted by atomic mass is 35.5. The van der Waals surface area contributed by atoms with Gasteiger partial charge in [0.15, 0.2) is 0 Å². The van der Waals surface area contributed by atoms with Crippen LogP contribution >= 0.6 is 22.9 Å². The largest absolute Gasteiger partial charge is 0.368 e. The van der Waals surface area contributed by atoms with Gasteiger partial charge in [0.25, 0.3) is 0 Å². The van der Waals surface area contributed by atoms with E-state index in [1.165, 1.54) is 0 Å². The zero-order valence-electron chi connectivity index (χ0n) is 10.5. The molecule has 2 rings (SSSR count). The third-order valence-electron chi connectivity index (χ3n) is 2.74. The normalized spacial score (nSPS) is 10.6. The first-order chi connectivity index (χ1) is 8.72. The van der Waals surface area contributed by atoms with Crippen LogP contribution in [0.4, 0.5) is 5.69 Å². The zero-order chi connectivity index (χ0) is 13.0. The zero-order valence-corrected chi connectivity index (χ0v) is 12.1. The predicted octanol–water partition coefficient (Wildman–Crippen LogP) is 3.15. The van der Waals surface area contributed by atoms with Crippen LogP contribution in [0.15, 0.2) is 29.1 Å². The number of aromatic nitrogens is 1. The molecule has 0 amide bonds.